The number of hydrogen-bond acceptors (Lipinski definition) is 6. The van der Waals surface area contributed by atoms with Crippen molar-refractivity contribution in [2.75, 3.05) is 46.5 Å². The summed E-state index contributed by atoms with van der Waals surface area (Å²) in [6.07, 6.45) is 2.41. The number of carboxylic acids is 1. The van der Waals surface area contributed by atoms with E-state index in [1.54, 1.807) is 18.2 Å². The highest BCUT2D eigenvalue weighted by molar-refractivity contribution is 6.41. The molecule has 1 fully saturated rings. The number of aliphatic hydroxyl groups is 1. The Hall–Kier alpha value is -1.74. The molecule has 1 saturated heterocycles. The molecule has 7 nitrogen and oxygen atoms in total. The summed E-state index contributed by atoms with van der Waals surface area (Å²) in [5, 5.41) is 24.0. The minimum Gasteiger partial charge on any atom is -0.477 e. The van der Waals surface area contributed by atoms with Gasteiger partial charge in [-0.3, -0.25) is 0 Å². The van der Waals surface area contributed by atoms with Gasteiger partial charge in [-0.05, 0) is 44.2 Å². The molecule has 1 unspecified atom stereocenters. The molecule has 180 valence electrons. The number of nitrogens with zero attached hydrogens (tertiary/aromatic N) is 1. The zero-order valence-corrected chi connectivity index (χ0v) is 20.5. The predicted molar refractivity (Wildman–Crippen MR) is 131 cm³/mol. The Morgan fingerprint density at radius 2 is 1.88 bits per heavy atom. The van der Waals surface area contributed by atoms with Crippen LogP contribution in [0.4, 0.5) is 0 Å². The summed E-state index contributed by atoms with van der Waals surface area (Å²) in [4.78, 5) is 13.9. The number of aryl methyl sites for hydroxylation is 1. The van der Waals surface area contributed by atoms with Gasteiger partial charge in [0.15, 0.2) is 0 Å². The molecule has 9 heteroatoms. The molecule has 0 amide bonds. The molecule has 1 aliphatic heterocycles. The van der Waals surface area contributed by atoms with Crippen molar-refractivity contribution >= 4 is 29.2 Å². The van der Waals surface area contributed by atoms with E-state index in [1.807, 2.05) is 33.0 Å². The van der Waals surface area contributed by atoms with E-state index in [0.717, 1.165) is 44.8 Å². The number of benzene rings is 1. The molecule has 32 heavy (non-hydrogen) atoms. The number of aliphatic hydroxyl groups excluding tert-OH is 1. The molecule has 3 rings (SSSR count). The molecular formula is C23H35Cl2N3O4. The Kier molecular flexibility index (Phi) is 18.8. The molecule has 1 aromatic heterocycles. The van der Waals surface area contributed by atoms with E-state index in [4.69, 9.17) is 38.2 Å². The number of ether oxygens (including phenoxy) is 1. The van der Waals surface area contributed by atoms with E-state index in [1.165, 1.54) is 12.3 Å². The quantitative estimate of drug-likeness (QED) is 0.518. The lowest BCUT2D eigenvalue weighted by Crippen LogP contribution is -2.30. The van der Waals surface area contributed by atoms with Crippen molar-refractivity contribution in [3.8, 4) is 0 Å². The zero-order valence-electron chi connectivity index (χ0n) is 19.0. The van der Waals surface area contributed by atoms with Crippen LogP contribution < -0.4 is 10.6 Å². The predicted octanol–water partition coefficient (Wildman–Crippen LogP) is 3.91. The van der Waals surface area contributed by atoms with Gasteiger partial charge in [0.1, 0.15) is 5.69 Å². The molecule has 0 aliphatic carbocycles. The summed E-state index contributed by atoms with van der Waals surface area (Å²) in [5.41, 5.74) is 1.05. The fraction of sp³-hybridized carbons (Fsp3) is 0.478. The van der Waals surface area contributed by atoms with Crippen LogP contribution in [-0.4, -0.2) is 67.7 Å². The van der Waals surface area contributed by atoms with Crippen LogP contribution in [0.2, 0.25) is 10.0 Å². The summed E-state index contributed by atoms with van der Waals surface area (Å²) in [6.45, 7) is 9.00. The van der Waals surface area contributed by atoms with Crippen molar-refractivity contribution in [2.24, 2.45) is 5.92 Å². The van der Waals surface area contributed by atoms with Gasteiger partial charge in [-0.1, -0.05) is 48.3 Å². The van der Waals surface area contributed by atoms with Gasteiger partial charge in [-0.2, -0.15) is 0 Å². The van der Waals surface area contributed by atoms with Crippen molar-refractivity contribution in [1.82, 2.24) is 15.6 Å². The number of nitrogens with one attached hydrogen (secondary N) is 2. The topological polar surface area (TPSA) is 104 Å². The van der Waals surface area contributed by atoms with E-state index in [9.17, 15) is 4.79 Å². The largest absolute Gasteiger partial charge is 0.477 e. The van der Waals surface area contributed by atoms with Gasteiger partial charge >= 0.3 is 5.97 Å². The highest BCUT2D eigenvalue weighted by Crippen LogP contribution is 2.19. The first-order valence-electron chi connectivity index (χ1n) is 10.5. The minimum atomic E-state index is -0.986. The fourth-order valence-electron chi connectivity index (χ4n) is 2.21. The third kappa shape index (κ3) is 16.0. The smallest absolute Gasteiger partial charge is 0.354 e. The monoisotopic (exact) mass is 487 g/mol. The second-order valence-electron chi connectivity index (χ2n) is 6.87. The summed E-state index contributed by atoms with van der Waals surface area (Å²) in [7, 11) is 1.98. The average Bonchev–Trinajstić information content (AvgIpc) is 3.06. The van der Waals surface area contributed by atoms with Gasteiger partial charge in [0.05, 0.1) is 23.3 Å². The molecule has 4 N–H and O–H groups in total. The highest BCUT2D eigenvalue weighted by Gasteiger charge is 2.09. The van der Waals surface area contributed by atoms with Crippen molar-refractivity contribution in [3.05, 3.63) is 63.9 Å². The maximum atomic E-state index is 10.2. The molecule has 1 aromatic carbocycles. The Labute approximate surface area is 201 Å². The highest BCUT2D eigenvalue weighted by atomic mass is 35.5. The first-order valence-corrected chi connectivity index (χ1v) is 11.2. The number of pyridine rings is 1. The number of hydrogen-bond donors (Lipinski definition) is 4. The number of rotatable bonds is 4. The van der Waals surface area contributed by atoms with Gasteiger partial charge in [0.25, 0.3) is 0 Å². The first kappa shape index (κ1) is 30.3. The van der Waals surface area contributed by atoms with Crippen LogP contribution in [0.1, 0.15) is 29.4 Å². The summed E-state index contributed by atoms with van der Waals surface area (Å²) in [5.74, 6) is -0.340. The second kappa shape index (κ2) is 19.9. The Morgan fingerprint density at radius 3 is 2.31 bits per heavy atom. The summed E-state index contributed by atoms with van der Waals surface area (Å²) >= 11 is 11.2. The Bertz CT molecular complexity index is 702. The molecule has 0 saturated carbocycles. The minimum absolute atomic E-state index is 0.0885. The standard InChI is InChI=1S/C7H16N2O.C7H7NO2.C6H4Cl2.C3H8O/c1-8-4-7-5-9-2-3-10-6-7;1-5-2-3-6(7(9)10)8-4-5;7-5-3-1-2-4-6(5)8;1-2-3-4/h7-9H,2-6H2,1H3;2-4H,1H3,(H,9,10);1-4H;4H,2-3H2,1H3. The van der Waals surface area contributed by atoms with Crippen LogP contribution in [0, 0.1) is 12.8 Å². The van der Waals surface area contributed by atoms with E-state index >= 15 is 0 Å². The van der Waals surface area contributed by atoms with Crippen molar-refractivity contribution < 1.29 is 19.7 Å². The van der Waals surface area contributed by atoms with Crippen LogP contribution in [0.15, 0.2) is 42.6 Å². The van der Waals surface area contributed by atoms with Crippen LogP contribution in [0.5, 0.6) is 0 Å². The number of carbonyl (C=O) groups is 1. The van der Waals surface area contributed by atoms with Gasteiger partial charge in [-0.15, -0.1) is 0 Å². The third-order valence-electron chi connectivity index (χ3n) is 3.88. The molecule has 1 aliphatic rings. The maximum absolute atomic E-state index is 10.2. The number of halogens is 2. The average molecular weight is 488 g/mol. The number of carboxylic acid groups (broad SMARTS) is 1. The Balaban J connectivity index is 0.000000418. The van der Waals surface area contributed by atoms with Gasteiger partial charge in [0.2, 0.25) is 0 Å². The van der Waals surface area contributed by atoms with Crippen molar-refractivity contribution in [3.63, 3.8) is 0 Å². The van der Waals surface area contributed by atoms with Gasteiger partial charge in [0, 0.05) is 38.4 Å². The van der Waals surface area contributed by atoms with E-state index in [-0.39, 0.29) is 5.69 Å². The van der Waals surface area contributed by atoms with E-state index in [0.29, 0.717) is 22.6 Å². The first-order chi connectivity index (χ1) is 15.3. The van der Waals surface area contributed by atoms with Crippen molar-refractivity contribution in [1.29, 1.82) is 0 Å². The fourth-order valence-corrected chi connectivity index (χ4v) is 2.48. The van der Waals surface area contributed by atoms with Crippen LogP contribution in [-0.2, 0) is 4.74 Å². The normalized spacial score (nSPS) is 14.9. The Morgan fingerprint density at radius 1 is 1.25 bits per heavy atom. The van der Waals surface area contributed by atoms with E-state index < -0.39 is 5.97 Å². The van der Waals surface area contributed by atoms with Crippen LogP contribution in [0.25, 0.3) is 0 Å². The van der Waals surface area contributed by atoms with E-state index in [2.05, 4.69) is 15.6 Å². The second-order valence-corrected chi connectivity index (χ2v) is 7.68. The molecule has 0 bridgehead atoms. The molecule has 1 atom stereocenters. The lowest BCUT2D eigenvalue weighted by Gasteiger charge is -2.11. The number of aromatic nitrogens is 1. The lowest BCUT2D eigenvalue weighted by atomic mass is 10.1. The molecule has 2 heterocycles. The summed E-state index contributed by atoms with van der Waals surface area (Å²) < 4.78 is 5.36. The third-order valence-corrected chi connectivity index (χ3v) is 4.64. The van der Waals surface area contributed by atoms with Crippen molar-refractivity contribution in [2.45, 2.75) is 20.3 Å². The lowest BCUT2D eigenvalue weighted by molar-refractivity contribution is 0.0690. The zero-order chi connectivity index (χ0) is 24.2. The van der Waals surface area contributed by atoms with Gasteiger partial charge < -0.3 is 25.6 Å². The number of aromatic carboxylic acids is 1. The molecule has 0 radical (unpaired) electrons. The maximum Gasteiger partial charge on any atom is 0.354 e. The molecule has 0 spiro atoms. The van der Waals surface area contributed by atoms with Crippen LogP contribution in [0.3, 0.4) is 0 Å². The molecular weight excluding hydrogens is 453 g/mol. The van der Waals surface area contributed by atoms with Crippen LogP contribution >= 0.6 is 23.2 Å². The van der Waals surface area contributed by atoms with Gasteiger partial charge in [-0.25, -0.2) is 9.78 Å². The SMILES string of the molecule is CCCO.CNCC1CNCCOC1.Cc1ccc(C(=O)O)nc1.Clc1ccccc1Cl. The molecule has 2 aromatic rings. The summed E-state index contributed by atoms with van der Waals surface area (Å²) in [6, 6.07) is 10.4.